The molecule has 1 aromatic heterocycles. The van der Waals surface area contributed by atoms with Gasteiger partial charge in [0.25, 0.3) is 5.91 Å². The predicted molar refractivity (Wildman–Crippen MR) is 107 cm³/mol. The normalized spacial score (nSPS) is 10.6. The number of benzene rings is 2. The molecule has 0 unspecified atom stereocenters. The Morgan fingerprint density at radius 3 is 2.56 bits per heavy atom. The van der Waals surface area contributed by atoms with Gasteiger partial charge in [0, 0.05) is 15.2 Å². The number of ether oxygens (including phenoxy) is 2. The van der Waals surface area contributed by atoms with Crippen LogP contribution in [-0.2, 0) is 0 Å². The van der Waals surface area contributed by atoms with Crippen LogP contribution in [0.25, 0.3) is 10.9 Å². The molecule has 1 heterocycles. The van der Waals surface area contributed by atoms with Gasteiger partial charge in [-0.3, -0.25) is 9.78 Å². The molecule has 0 fully saturated rings. The third-order valence-electron chi connectivity index (χ3n) is 3.94. The fourth-order valence-electron chi connectivity index (χ4n) is 2.64. The zero-order valence-corrected chi connectivity index (χ0v) is 16.2. The summed E-state index contributed by atoms with van der Waals surface area (Å²) in [5.74, 6) is 0.899. The summed E-state index contributed by atoms with van der Waals surface area (Å²) in [7, 11) is 3.12. The van der Waals surface area contributed by atoms with Gasteiger partial charge in [-0.25, -0.2) is 0 Å². The summed E-state index contributed by atoms with van der Waals surface area (Å²) in [6.45, 7) is 2.00. The largest absolute Gasteiger partial charge is 0.493 e. The number of anilines is 1. The summed E-state index contributed by atoms with van der Waals surface area (Å²) in [6.07, 6.45) is 1.75. The van der Waals surface area contributed by atoms with Crippen molar-refractivity contribution in [3.63, 3.8) is 0 Å². The Morgan fingerprint density at radius 2 is 1.84 bits per heavy atom. The molecule has 0 aliphatic rings. The fourth-order valence-corrected chi connectivity index (χ4v) is 3.32. The molecule has 0 atom stereocenters. The highest BCUT2D eigenvalue weighted by atomic mass is 127. The summed E-state index contributed by atoms with van der Waals surface area (Å²) in [6, 6.07) is 11.1. The first-order chi connectivity index (χ1) is 12.0. The highest BCUT2D eigenvalue weighted by Gasteiger charge is 2.17. The maximum Gasteiger partial charge on any atom is 0.256 e. The number of rotatable bonds is 4. The van der Waals surface area contributed by atoms with Gasteiger partial charge in [0.2, 0.25) is 0 Å². The average Bonchev–Trinajstić information content (AvgIpc) is 2.63. The first kappa shape index (κ1) is 17.5. The highest BCUT2D eigenvalue weighted by molar-refractivity contribution is 14.1. The third-order valence-corrected chi connectivity index (χ3v) is 4.83. The van der Waals surface area contributed by atoms with Crippen LogP contribution in [0.15, 0.2) is 42.6 Å². The molecule has 128 valence electrons. The number of amides is 1. The molecule has 0 radical (unpaired) electrons. The zero-order valence-electron chi connectivity index (χ0n) is 14.1. The van der Waals surface area contributed by atoms with Crippen molar-refractivity contribution in [3.05, 3.63) is 57.3 Å². The van der Waals surface area contributed by atoms with Gasteiger partial charge in [-0.2, -0.15) is 0 Å². The topological polar surface area (TPSA) is 60.5 Å². The first-order valence-electron chi connectivity index (χ1n) is 7.62. The van der Waals surface area contributed by atoms with Crippen molar-refractivity contribution in [1.82, 2.24) is 4.98 Å². The van der Waals surface area contributed by atoms with Crippen molar-refractivity contribution in [3.8, 4) is 11.5 Å². The van der Waals surface area contributed by atoms with Crippen LogP contribution >= 0.6 is 22.6 Å². The van der Waals surface area contributed by atoms with E-state index in [1.54, 1.807) is 32.5 Å². The molecule has 0 spiro atoms. The number of aryl methyl sites for hydroxylation is 1. The molecule has 0 aliphatic heterocycles. The number of hydrogen-bond donors (Lipinski definition) is 1. The van der Waals surface area contributed by atoms with Crippen LogP contribution in [0.1, 0.15) is 15.9 Å². The van der Waals surface area contributed by atoms with E-state index in [1.807, 2.05) is 31.2 Å². The molecule has 1 amide bonds. The van der Waals surface area contributed by atoms with E-state index in [1.165, 1.54) is 0 Å². The molecule has 6 heteroatoms. The summed E-state index contributed by atoms with van der Waals surface area (Å²) in [5.41, 5.74) is 3.19. The minimum atomic E-state index is -0.209. The van der Waals surface area contributed by atoms with Gasteiger partial charge in [-0.1, -0.05) is 6.07 Å². The van der Waals surface area contributed by atoms with Crippen LogP contribution in [0.5, 0.6) is 11.5 Å². The van der Waals surface area contributed by atoms with Gasteiger partial charge < -0.3 is 14.8 Å². The molecule has 2 aromatic carbocycles. The van der Waals surface area contributed by atoms with Crippen molar-refractivity contribution in [2.45, 2.75) is 6.92 Å². The van der Waals surface area contributed by atoms with Gasteiger partial charge >= 0.3 is 0 Å². The minimum Gasteiger partial charge on any atom is -0.493 e. The number of aromatic nitrogens is 1. The lowest BCUT2D eigenvalue weighted by atomic mass is 10.1. The Bertz CT molecular complexity index is 957. The second-order valence-corrected chi connectivity index (χ2v) is 6.63. The first-order valence-corrected chi connectivity index (χ1v) is 8.70. The lowest BCUT2D eigenvalue weighted by molar-refractivity contribution is 0.102. The van der Waals surface area contributed by atoms with E-state index < -0.39 is 0 Å². The van der Waals surface area contributed by atoms with Crippen LogP contribution in [-0.4, -0.2) is 25.1 Å². The van der Waals surface area contributed by atoms with Gasteiger partial charge in [-0.15, -0.1) is 0 Å². The summed E-state index contributed by atoms with van der Waals surface area (Å²) in [4.78, 5) is 17.2. The molecule has 3 rings (SSSR count). The summed E-state index contributed by atoms with van der Waals surface area (Å²) >= 11 is 2.11. The lowest BCUT2D eigenvalue weighted by Crippen LogP contribution is -2.14. The van der Waals surface area contributed by atoms with Gasteiger partial charge in [0.05, 0.1) is 31.0 Å². The SMILES string of the molecule is COc1cc(I)c(C(=O)Nc2ccc(C)c3ncccc23)cc1OC. The van der Waals surface area contributed by atoms with Crippen molar-refractivity contribution in [2.75, 3.05) is 19.5 Å². The smallest absolute Gasteiger partial charge is 0.256 e. The van der Waals surface area contributed by atoms with Crippen LogP contribution < -0.4 is 14.8 Å². The Hall–Kier alpha value is -2.35. The van der Waals surface area contributed by atoms with E-state index in [-0.39, 0.29) is 5.91 Å². The van der Waals surface area contributed by atoms with Crippen LogP contribution in [0.3, 0.4) is 0 Å². The van der Waals surface area contributed by atoms with Crippen molar-refractivity contribution >= 4 is 45.1 Å². The number of carbonyl (C=O) groups is 1. The zero-order chi connectivity index (χ0) is 18.0. The van der Waals surface area contributed by atoms with Crippen molar-refractivity contribution < 1.29 is 14.3 Å². The van der Waals surface area contributed by atoms with Gasteiger partial charge in [0.15, 0.2) is 11.5 Å². The van der Waals surface area contributed by atoms with Crippen LogP contribution in [0.4, 0.5) is 5.69 Å². The summed E-state index contributed by atoms with van der Waals surface area (Å²) < 4.78 is 11.4. The van der Waals surface area contributed by atoms with Crippen molar-refractivity contribution in [1.29, 1.82) is 0 Å². The maximum atomic E-state index is 12.8. The van der Waals surface area contributed by atoms with E-state index in [2.05, 4.69) is 32.9 Å². The number of fused-ring (bicyclic) bond motifs is 1. The molecule has 25 heavy (non-hydrogen) atoms. The number of methoxy groups -OCH3 is 2. The number of nitrogens with zero attached hydrogens (tertiary/aromatic N) is 1. The Balaban J connectivity index is 2.00. The highest BCUT2D eigenvalue weighted by Crippen LogP contribution is 2.32. The van der Waals surface area contributed by atoms with E-state index in [0.29, 0.717) is 17.1 Å². The Kier molecular flexibility index (Phi) is 5.08. The number of pyridine rings is 1. The van der Waals surface area contributed by atoms with Crippen LogP contribution in [0, 0.1) is 10.5 Å². The number of carbonyl (C=O) groups excluding carboxylic acids is 1. The van der Waals surface area contributed by atoms with Gasteiger partial charge in [0.1, 0.15) is 0 Å². The second kappa shape index (κ2) is 7.26. The second-order valence-electron chi connectivity index (χ2n) is 5.47. The average molecular weight is 448 g/mol. The Morgan fingerprint density at radius 1 is 1.12 bits per heavy atom. The predicted octanol–water partition coefficient (Wildman–Crippen LogP) is 4.42. The molecular weight excluding hydrogens is 431 g/mol. The molecule has 0 aliphatic carbocycles. The van der Waals surface area contributed by atoms with E-state index in [4.69, 9.17) is 9.47 Å². The molecule has 0 saturated heterocycles. The molecule has 5 nitrogen and oxygen atoms in total. The molecule has 0 saturated carbocycles. The van der Waals surface area contributed by atoms with Gasteiger partial charge in [-0.05, 0) is 65.4 Å². The summed E-state index contributed by atoms with van der Waals surface area (Å²) in [5, 5.41) is 3.89. The quantitative estimate of drug-likeness (QED) is 0.601. The molecule has 3 aromatic rings. The monoisotopic (exact) mass is 448 g/mol. The van der Waals surface area contributed by atoms with E-state index >= 15 is 0 Å². The van der Waals surface area contributed by atoms with E-state index in [9.17, 15) is 4.79 Å². The third kappa shape index (κ3) is 3.39. The number of nitrogens with one attached hydrogen (secondary N) is 1. The Labute approximate surface area is 159 Å². The van der Waals surface area contributed by atoms with Crippen LogP contribution in [0.2, 0.25) is 0 Å². The molecule has 0 bridgehead atoms. The molecular formula is C19H17IN2O3. The standard InChI is InChI=1S/C19H17IN2O3/c1-11-6-7-15(12-5-4-8-21-18(11)12)22-19(23)13-9-16(24-2)17(25-3)10-14(13)20/h4-10H,1-3H3,(H,22,23). The lowest BCUT2D eigenvalue weighted by Gasteiger charge is -2.13. The number of hydrogen-bond acceptors (Lipinski definition) is 4. The molecule has 1 N–H and O–H groups in total. The van der Waals surface area contributed by atoms with E-state index in [0.717, 1.165) is 25.7 Å². The number of halogens is 1. The minimum absolute atomic E-state index is 0.209. The maximum absolute atomic E-state index is 12.8. The van der Waals surface area contributed by atoms with Crippen molar-refractivity contribution in [2.24, 2.45) is 0 Å². The fraction of sp³-hybridized carbons (Fsp3) is 0.158.